The highest BCUT2D eigenvalue weighted by atomic mass is 79.9. The van der Waals surface area contributed by atoms with Gasteiger partial charge in [-0.1, -0.05) is 79.9 Å². The van der Waals surface area contributed by atoms with Crippen molar-refractivity contribution in [3.8, 4) is 0 Å². The van der Waals surface area contributed by atoms with E-state index in [4.69, 9.17) is 0 Å². The van der Waals surface area contributed by atoms with Gasteiger partial charge in [-0.3, -0.25) is 0 Å². The molecule has 0 heterocycles. The summed E-state index contributed by atoms with van der Waals surface area (Å²) in [5.41, 5.74) is 1.94. The second kappa shape index (κ2) is 9.52. The molecule has 1 atom stereocenters. The van der Waals surface area contributed by atoms with E-state index in [9.17, 15) is 4.39 Å². The van der Waals surface area contributed by atoms with Crippen LogP contribution in [0.1, 0.15) is 74.2 Å². The minimum Gasteiger partial charge on any atom is -0.207 e. The van der Waals surface area contributed by atoms with Crippen molar-refractivity contribution in [2.75, 3.05) is 0 Å². The van der Waals surface area contributed by atoms with Crippen molar-refractivity contribution < 1.29 is 4.39 Å². The average Bonchev–Trinajstić information content (AvgIpc) is 2.40. The molecule has 2 heteroatoms. The summed E-state index contributed by atoms with van der Waals surface area (Å²) in [6.07, 6.45) is 10.5. The van der Waals surface area contributed by atoms with Crippen LogP contribution in [-0.2, 0) is 0 Å². The minimum atomic E-state index is -0.112. The summed E-state index contributed by atoms with van der Waals surface area (Å²) in [6, 6.07) is 5.42. The summed E-state index contributed by atoms with van der Waals surface area (Å²) in [6.45, 7) is 4.08. The van der Waals surface area contributed by atoms with Gasteiger partial charge < -0.3 is 0 Å². The van der Waals surface area contributed by atoms with E-state index in [0.717, 1.165) is 12.0 Å². The van der Waals surface area contributed by atoms with Gasteiger partial charge in [0, 0.05) is 4.83 Å². The summed E-state index contributed by atoms with van der Waals surface area (Å²) < 4.78 is 13.2. The molecule has 0 saturated heterocycles. The molecule has 1 unspecified atom stereocenters. The zero-order chi connectivity index (χ0) is 14.1. The highest BCUT2D eigenvalue weighted by Crippen LogP contribution is 2.29. The smallest absolute Gasteiger partial charge is 0.126 e. The van der Waals surface area contributed by atoms with Crippen LogP contribution in [0.4, 0.5) is 4.39 Å². The molecule has 1 rings (SSSR count). The number of hydrogen-bond donors (Lipinski definition) is 0. The third-order valence-electron chi connectivity index (χ3n) is 3.60. The first kappa shape index (κ1) is 16.7. The molecule has 0 nitrogen and oxygen atoms in total. The maximum absolute atomic E-state index is 13.2. The van der Waals surface area contributed by atoms with E-state index in [1.807, 2.05) is 19.1 Å². The molecule has 0 saturated carbocycles. The zero-order valence-corrected chi connectivity index (χ0v) is 13.8. The van der Waals surface area contributed by atoms with Gasteiger partial charge in [-0.2, -0.15) is 0 Å². The van der Waals surface area contributed by atoms with Crippen molar-refractivity contribution in [2.24, 2.45) is 0 Å². The quantitative estimate of drug-likeness (QED) is 0.349. The van der Waals surface area contributed by atoms with Gasteiger partial charge in [-0.05, 0) is 30.5 Å². The largest absolute Gasteiger partial charge is 0.207 e. The number of rotatable bonds is 9. The van der Waals surface area contributed by atoms with Crippen LogP contribution in [0.15, 0.2) is 18.2 Å². The summed E-state index contributed by atoms with van der Waals surface area (Å²) in [5, 5.41) is 0. The lowest BCUT2D eigenvalue weighted by atomic mass is 10.0. The van der Waals surface area contributed by atoms with Gasteiger partial charge in [0.1, 0.15) is 5.82 Å². The Morgan fingerprint density at radius 3 is 2.32 bits per heavy atom. The van der Waals surface area contributed by atoms with Crippen molar-refractivity contribution in [3.63, 3.8) is 0 Å². The number of alkyl halides is 1. The third kappa shape index (κ3) is 6.56. The Labute approximate surface area is 125 Å². The van der Waals surface area contributed by atoms with Crippen molar-refractivity contribution >= 4 is 15.9 Å². The molecular weight excluding hydrogens is 303 g/mol. The Kier molecular flexibility index (Phi) is 8.36. The third-order valence-corrected chi connectivity index (χ3v) is 4.59. The van der Waals surface area contributed by atoms with E-state index >= 15 is 0 Å². The molecule has 0 amide bonds. The normalized spacial score (nSPS) is 12.6. The van der Waals surface area contributed by atoms with Crippen LogP contribution in [0.3, 0.4) is 0 Å². The zero-order valence-electron chi connectivity index (χ0n) is 12.2. The van der Waals surface area contributed by atoms with Crippen molar-refractivity contribution in [3.05, 3.63) is 35.1 Å². The van der Waals surface area contributed by atoms with E-state index in [0.29, 0.717) is 4.83 Å². The molecular formula is C17H26BrF. The molecule has 0 aliphatic heterocycles. The first-order chi connectivity index (χ1) is 9.15. The monoisotopic (exact) mass is 328 g/mol. The Hall–Kier alpha value is -0.370. The average molecular weight is 329 g/mol. The predicted molar refractivity (Wildman–Crippen MR) is 85.4 cm³/mol. The van der Waals surface area contributed by atoms with E-state index in [1.54, 1.807) is 6.07 Å². The van der Waals surface area contributed by atoms with Crippen LogP contribution in [0, 0.1) is 12.7 Å². The lowest BCUT2D eigenvalue weighted by Crippen LogP contribution is -1.93. The summed E-state index contributed by atoms with van der Waals surface area (Å²) in [7, 11) is 0. The van der Waals surface area contributed by atoms with Crippen LogP contribution in [-0.4, -0.2) is 0 Å². The molecule has 0 radical (unpaired) electrons. The van der Waals surface area contributed by atoms with Crippen molar-refractivity contribution in [1.29, 1.82) is 0 Å². The standard InChI is InChI=1S/C17H26BrF/c1-3-4-5-6-7-8-9-10-16(18)15-11-12-17(19)14(2)13-15/h11-13,16H,3-10H2,1-2H3. The molecule has 0 spiro atoms. The van der Waals surface area contributed by atoms with Crippen molar-refractivity contribution in [2.45, 2.75) is 70.0 Å². The fraction of sp³-hybridized carbons (Fsp3) is 0.647. The van der Waals surface area contributed by atoms with E-state index in [1.165, 1.54) is 50.5 Å². The first-order valence-electron chi connectivity index (χ1n) is 7.55. The highest BCUT2D eigenvalue weighted by Gasteiger charge is 2.08. The van der Waals surface area contributed by atoms with Gasteiger partial charge in [0.05, 0.1) is 0 Å². The van der Waals surface area contributed by atoms with Crippen molar-refractivity contribution in [1.82, 2.24) is 0 Å². The van der Waals surface area contributed by atoms with Gasteiger partial charge in [-0.25, -0.2) is 4.39 Å². The minimum absolute atomic E-state index is 0.112. The summed E-state index contributed by atoms with van der Waals surface area (Å²) in [4.78, 5) is 0.363. The van der Waals surface area contributed by atoms with E-state index < -0.39 is 0 Å². The van der Waals surface area contributed by atoms with Crippen LogP contribution in [0.2, 0.25) is 0 Å². The van der Waals surface area contributed by atoms with Gasteiger partial charge in [0.2, 0.25) is 0 Å². The molecule has 0 bridgehead atoms. The lowest BCUT2D eigenvalue weighted by molar-refractivity contribution is 0.574. The molecule has 1 aromatic rings. The second-order valence-electron chi connectivity index (χ2n) is 5.39. The fourth-order valence-corrected chi connectivity index (χ4v) is 2.92. The second-order valence-corrected chi connectivity index (χ2v) is 6.49. The fourth-order valence-electron chi connectivity index (χ4n) is 2.31. The number of aryl methyl sites for hydroxylation is 1. The molecule has 0 fully saturated rings. The molecule has 0 aliphatic carbocycles. The predicted octanol–water partition coefficient (Wildman–Crippen LogP) is 6.71. The SMILES string of the molecule is CCCCCCCCCC(Br)c1ccc(F)c(C)c1. The maximum atomic E-state index is 13.2. The number of unbranched alkanes of at least 4 members (excludes halogenated alkanes) is 6. The molecule has 0 N–H and O–H groups in total. The molecule has 1 aromatic carbocycles. The van der Waals surface area contributed by atoms with Gasteiger partial charge in [0.15, 0.2) is 0 Å². The molecule has 19 heavy (non-hydrogen) atoms. The highest BCUT2D eigenvalue weighted by molar-refractivity contribution is 9.09. The topological polar surface area (TPSA) is 0 Å². The van der Waals surface area contributed by atoms with Crippen LogP contribution < -0.4 is 0 Å². The molecule has 0 aromatic heterocycles. The molecule has 0 aliphatic rings. The van der Waals surface area contributed by atoms with Gasteiger partial charge >= 0.3 is 0 Å². The number of hydrogen-bond acceptors (Lipinski definition) is 0. The van der Waals surface area contributed by atoms with Crippen LogP contribution >= 0.6 is 15.9 Å². The Morgan fingerprint density at radius 2 is 1.68 bits per heavy atom. The summed E-state index contributed by atoms with van der Waals surface area (Å²) >= 11 is 3.72. The Balaban J connectivity index is 2.20. The van der Waals surface area contributed by atoms with Crippen LogP contribution in [0.5, 0.6) is 0 Å². The summed E-state index contributed by atoms with van der Waals surface area (Å²) in [5.74, 6) is -0.112. The van der Waals surface area contributed by atoms with E-state index in [2.05, 4.69) is 22.9 Å². The van der Waals surface area contributed by atoms with Gasteiger partial charge in [0.25, 0.3) is 0 Å². The Bertz CT molecular complexity index is 362. The first-order valence-corrected chi connectivity index (χ1v) is 8.46. The Morgan fingerprint density at radius 1 is 1.05 bits per heavy atom. The van der Waals surface area contributed by atoms with Gasteiger partial charge in [-0.15, -0.1) is 0 Å². The van der Waals surface area contributed by atoms with E-state index in [-0.39, 0.29) is 5.82 Å². The number of halogens is 2. The lowest BCUT2D eigenvalue weighted by Gasteiger charge is -2.11. The number of benzene rings is 1. The van der Waals surface area contributed by atoms with Crippen LogP contribution in [0.25, 0.3) is 0 Å². The maximum Gasteiger partial charge on any atom is 0.126 e. The molecule has 108 valence electrons.